The lowest BCUT2D eigenvalue weighted by Gasteiger charge is -2.21. The third-order valence-corrected chi connectivity index (χ3v) is 1.32. The van der Waals surface area contributed by atoms with E-state index >= 15 is 0 Å². The van der Waals surface area contributed by atoms with Gasteiger partial charge in [-0.05, 0) is 0 Å². The molecule has 1 fully saturated rings. The first kappa shape index (κ1) is 6.35. The summed E-state index contributed by atoms with van der Waals surface area (Å²) < 4.78 is 0. The zero-order valence-corrected chi connectivity index (χ0v) is 5.72. The van der Waals surface area contributed by atoms with Gasteiger partial charge in [0, 0.05) is 20.6 Å². The van der Waals surface area contributed by atoms with Crippen LogP contribution >= 0.6 is 0 Å². The lowest BCUT2D eigenvalue weighted by Crippen LogP contribution is -2.39. The van der Waals surface area contributed by atoms with Crippen LogP contribution in [0.2, 0.25) is 0 Å². The minimum atomic E-state index is 0.000000000000000222. The zero-order valence-electron chi connectivity index (χ0n) is 5.72. The predicted molar refractivity (Wildman–Crippen MR) is 33.8 cm³/mol. The van der Waals surface area contributed by atoms with Crippen molar-refractivity contribution in [3.8, 4) is 0 Å². The lowest BCUT2D eigenvalue weighted by molar-refractivity contribution is 0.0868. The fourth-order valence-corrected chi connectivity index (χ4v) is 0.843. The highest BCUT2D eigenvalue weighted by Gasteiger charge is 2.20. The molecule has 0 unspecified atom stereocenters. The number of rotatable bonds is 1. The van der Waals surface area contributed by atoms with E-state index in [0.717, 1.165) is 13.1 Å². The fourth-order valence-electron chi connectivity index (χ4n) is 0.843. The number of carbonyl (C=O) groups is 1. The van der Waals surface area contributed by atoms with Gasteiger partial charge >= 0.3 is 6.03 Å². The number of urea groups is 1. The number of carbonyl (C=O) groups excluding carboxylic acids is 1. The maximum atomic E-state index is 10.8. The second kappa shape index (κ2) is 2.23. The van der Waals surface area contributed by atoms with Crippen molar-refractivity contribution in [3.63, 3.8) is 0 Å². The van der Waals surface area contributed by atoms with Crippen molar-refractivity contribution >= 4 is 6.03 Å². The molecule has 4 heteroatoms. The van der Waals surface area contributed by atoms with Crippen molar-refractivity contribution in [2.45, 2.75) is 0 Å². The van der Waals surface area contributed by atoms with Crippen molar-refractivity contribution in [1.29, 1.82) is 0 Å². The van der Waals surface area contributed by atoms with Crippen molar-refractivity contribution < 1.29 is 4.79 Å². The number of amides is 2. The summed E-state index contributed by atoms with van der Waals surface area (Å²) in [5.41, 5.74) is 0. The van der Waals surface area contributed by atoms with Crippen molar-refractivity contribution in [1.82, 2.24) is 15.3 Å². The summed E-state index contributed by atoms with van der Waals surface area (Å²) in [6.45, 7) is 1.54. The van der Waals surface area contributed by atoms with E-state index in [4.69, 9.17) is 0 Å². The second-order valence-electron chi connectivity index (χ2n) is 2.20. The molecule has 0 aromatic carbocycles. The maximum absolute atomic E-state index is 10.8. The molecule has 0 bridgehead atoms. The molecule has 1 saturated heterocycles. The Bertz CT molecular complexity index is 123. The topological polar surface area (TPSA) is 35.6 Å². The molecule has 0 aliphatic carbocycles. The largest absolute Gasteiger partial charge is 0.335 e. The minimum absolute atomic E-state index is 0.000000000000000222. The van der Waals surface area contributed by atoms with Crippen LogP contribution in [0.4, 0.5) is 4.79 Å². The number of nitrogens with zero attached hydrogens (tertiary/aromatic N) is 2. The van der Waals surface area contributed by atoms with Crippen molar-refractivity contribution in [3.05, 3.63) is 0 Å². The smallest absolute Gasteiger partial charge is 0.332 e. The van der Waals surface area contributed by atoms with E-state index in [1.807, 2.05) is 14.1 Å². The Labute approximate surface area is 54.4 Å². The summed E-state index contributed by atoms with van der Waals surface area (Å²) in [6, 6.07) is 0.000000000000000222. The second-order valence-corrected chi connectivity index (χ2v) is 2.20. The Balaban J connectivity index is 2.49. The van der Waals surface area contributed by atoms with Crippen LogP contribution in [0.15, 0.2) is 0 Å². The van der Waals surface area contributed by atoms with Crippen LogP contribution in [-0.4, -0.2) is 43.2 Å². The summed E-state index contributed by atoms with van der Waals surface area (Å²) in [5, 5.41) is 6.13. The van der Waals surface area contributed by atoms with Gasteiger partial charge < -0.3 is 5.32 Å². The molecule has 0 aromatic heterocycles. The first-order chi connectivity index (χ1) is 4.22. The molecule has 52 valence electrons. The summed E-state index contributed by atoms with van der Waals surface area (Å²) in [6.07, 6.45) is 0. The molecular formula is C5H11N3O. The molecule has 1 N–H and O–H groups in total. The quantitative estimate of drug-likeness (QED) is 0.517. The van der Waals surface area contributed by atoms with E-state index in [9.17, 15) is 4.79 Å². The average Bonchev–Trinajstić information content (AvgIpc) is 2.13. The maximum Gasteiger partial charge on any atom is 0.332 e. The molecule has 1 heterocycles. The number of hydrazine groups is 1. The molecule has 0 atom stereocenters. The van der Waals surface area contributed by atoms with Crippen LogP contribution in [0.3, 0.4) is 0 Å². The highest BCUT2D eigenvalue weighted by molar-refractivity contribution is 5.75. The Morgan fingerprint density at radius 2 is 2.33 bits per heavy atom. The molecule has 1 rings (SSSR count). The Morgan fingerprint density at radius 3 is 2.56 bits per heavy atom. The summed E-state index contributed by atoms with van der Waals surface area (Å²) in [7, 11) is 3.70. The number of hydrogen-bond acceptors (Lipinski definition) is 2. The summed E-state index contributed by atoms with van der Waals surface area (Å²) >= 11 is 0. The Morgan fingerprint density at radius 1 is 1.67 bits per heavy atom. The van der Waals surface area contributed by atoms with Crippen LogP contribution in [0.25, 0.3) is 0 Å². The molecule has 4 nitrogen and oxygen atoms in total. The van der Waals surface area contributed by atoms with Gasteiger partial charge in [-0.1, -0.05) is 0 Å². The molecule has 2 amide bonds. The molecule has 1 aliphatic rings. The monoisotopic (exact) mass is 129 g/mol. The van der Waals surface area contributed by atoms with Gasteiger partial charge in [0.2, 0.25) is 0 Å². The van der Waals surface area contributed by atoms with E-state index in [-0.39, 0.29) is 6.03 Å². The third-order valence-electron chi connectivity index (χ3n) is 1.32. The fraction of sp³-hybridized carbons (Fsp3) is 0.800. The van der Waals surface area contributed by atoms with Crippen LogP contribution in [0.5, 0.6) is 0 Å². The van der Waals surface area contributed by atoms with Gasteiger partial charge in [-0.25, -0.2) is 9.80 Å². The Kier molecular flexibility index (Phi) is 1.57. The van der Waals surface area contributed by atoms with Crippen LogP contribution < -0.4 is 5.32 Å². The zero-order chi connectivity index (χ0) is 6.85. The molecule has 0 saturated carbocycles. The molecule has 9 heavy (non-hydrogen) atoms. The molecule has 1 aliphatic heterocycles. The highest BCUT2D eigenvalue weighted by Crippen LogP contribution is 1.96. The molecular weight excluding hydrogens is 118 g/mol. The minimum Gasteiger partial charge on any atom is -0.335 e. The lowest BCUT2D eigenvalue weighted by atomic mass is 10.7. The first-order valence-electron chi connectivity index (χ1n) is 2.94. The van der Waals surface area contributed by atoms with Crippen LogP contribution in [0, 0.1) is 0 Å². The van der Waals surface area contributed by atoms with Crippen molar-refractivity contribution in [2.75, 3.05) is 27.2 Å². The number of hydrogen-bond donors (Lipinski definition) is 1. The number of nitrogens with one attached hydrogen (secondary N) is 1. The average molecular weight is 129 g/mol. The van der Waals surface area contributed by atoms with E-state index in [1.54, 1.807) is 10.0 Å². The van der Waals surface area contributed by atoms with Gasteiger partial charge in [0.1, 0.15) is 0 Å². The van der Waals surface area contributed by atoms with Gasteiger partial charge in [-0.2, -0.15) is 0 Å². The molecule has 0 aromatic rings. The highest BCUT2D eigenvalue weighted by atomic mass is 16.2. The van der Waals surface area contributed by atoms with Crippen LogP contribution in [0.1, 0.15) is 0 Å². The van der Waals surface area contributed by atoms with E-state index in [1.165, 1.54) is 0 Å². The first-order valence-corrected chi connectivity index (χ1v) is 2.94. The van der Waals surface area contributed by atoms with Gasteiger partial charge in [0.05, 0.1) is 6.54 Å². The summed E-state index contributed by atoms with van der Waals surface area (Å²) in [4.78, 5) is 10.8. The predicted octanol–water partition coefficient (Wildman–Crippen LogP) is -0.512. The van der Waals surface area contributed by atoms with E-state index in [2.05, 4.69) is 5.32 Å². The molecule has 0 radical (unpaired) electrons. The normalized spacial score (nSPS) is 19.0. The van der Waals surface area contributed by atoms with Gasteiger partial charge in [0.25, 0.3) is 0 Å². The van der Waals surface area contributed by atoms with Gasteiger partial charge in [-0.3, -0.25) is 5.01 Å². The van der Waals surface area contributed by atoms with Gasteiger partial charge in [0.15, 0.2) is 0 Å². The summed E-state index contributed by atoms with van der Waals surface area (Å²) in [5.74, 6) is 0. The molecule has 0 spiro atoms. The van der Waals surface area contributed by atoms with Gasteiger partial charge in [-0.15, -0.1) is 0 Å². The van der Waals surface area contributed by atoms with Crippen LogP contribution in [-0.2, 0) is 0 Å². The SMILES string of the molecule is CN(C)N1CCNC1=O. The van der Waals surface area contributed by atoms with E-state index in [0.29, 0.717) is 0 Å². The Hall–Kier alpha value is -0.770. The van der Waals surface area contributed by atoms with E-state index < -0.39 is 0 Å². The third kappa shape index (κ3) is 1.13. The van der Waals surface area contributed by atoms with Crippen molar-refractivity contribution in [2.24, 2.45) is 0 Å². The standard InChI is InChI=1S/C5H11N3O/c1-7(2)8-4-3-6-5(8)9/h3-4H2,1-2H3,(H,6,9).